The molecule has 0 saturated heterocycles. The van der Waals surface area contributed by atoms with Crippen LogP contribution in [0.5, 0.6) is 5.75 Å². The molecule has 26 heavy (non-hydrogen) atoms. The lowest BCUT2D eigenvalue weighted by Gasteiger charge is -2.33. The second-order valence-electron chi connectivity index (χ2n) is 7.68. The lowest BCUT2D eigenvalue weighted by atomic mass is 9.83. The van der Waals surface area contributed by atoms with E-state index in [1.807, 2.05) is 0 Å². The summed E-state index contributed by atoms with van der Waals surface area (Å²) in [5, 5.41) is 3.67. The zero-order valence-corrected chi connectivity index (χ0v) is 15.0. The van der Waals surface area contributed by atoms with Crippen molar-refractivity contribution < 1.29 is 4.74 Å². The van der Waals surface area contributed by atoms with Crippen LogP contribution >= 0.6 is 0 Å². The summed E-state index contributed by atoms with van der Waals surface area (Å²) < 4.78 is 6.39. The average molecular weight is 343 g/mol. The van der Waals surface area contributed by atoms with Gasteiger partial charge >= 0.3 is 0 Å². The Balaban J connectivity index is 1.39. The summed E-state index contributed by atoms with van der Waals surface area (Å²) in [7, 11) is 0. The van der Waals surface area contributed by atoms with E-state index in [1.54, 1.807) is 0 Å². The number of hydrogen-bond donors (Lipinski definition) is 1. The third-order valence-electron chi connectivity index (χ3n) is 5.95. The van der Waals surface area contributed by atoms with E-state index in [0.717, 1.165) is 36.5 Å². The van der Waals surface area contributed by atoms with Gasteiger partial charge in [0.1, 0.15) is 11.5 Å². The molecule has 0 amide bonds. The molecular formula is C24H25NO. The maximum Gasteiger partial charge on any atom is 0.150 e. The first-order valence-corrected chi connectivity index (χ1v) is 9.85. The Morgan fingerprint density at radius 2 is 2.00 bits per heavy atom. The molecule has 2 nitrogen and oxygen atoms in total. The average Bonchev–Trinajstić information content (AvgIpc) is 2.73. The summed E-state index contributed by atoms with van der Waals surface area (Å²) >= 11 is 0. The molecule has 0 bridgehead atoms. The van der Waals surface area contributed by atoms with E-state index in [2.05, 4.69) is 72.1 Å². The second-order valence-corrected chi connectivity index (χ2v) is 7.68. The highest BCUT2D eigenvalue weighted by Crippen LogP contribution is 2.40. The lowest BCUT2D eigenvalue weighted by Crippen LogP contribution is -2.31. The quantitative estimate of drug-likeness (QED) is 0.662. The Labute approximate surface area is 155 Å². The monoisotopic (exact) mass is 343 g/mol. The molecule has 0 fully saturated rings. The first-order valence-electron chi connectivity index (χ1n) is 9.85. The largest absolute Gasteiger partial charge is 0.457 e. The molecule has 1 aromatic rings. The van der Waals surface area contributed by atoms with Gasteiger partial charge in [0.05, 0.1) is 11.7 Å². The van der Waals surface area contributed by atoms with Gasteiger partial charge in [-0.2, -0.15) is 0 Å². The molecule has 1 heterocycles. The predicted octanol–water partition coefficient (Wildman–Crippen LogP) is 6.03. The maximum absolute atomic E-state index is 6.39. The van der Waals surface area contributed by atoms with Crippen molar-refractivity contribution in [1.82, 2.24) is 0 Å². The van der Waals surface area contributed by atoms with Gasteiger partial charge in [-0.05, 0) is 67.4 Å². The molecule has 3 atom stereocenters. The highest BCUT2D eigenvalue weighted by atomic mass is 16.5. The van der Waals surface area contributed by atoms with E-state index >= 15 is 0 Å². The van der Waals surface area contributed by atoms with Gasteiger partial charge in [-0.15, -0.1) is 0 Å². The van der Waals surface area contributed by atoms with Crippen molar-refractivity contribution in [3.05, 3.63) is 83.7 Å². The number of nitrogens with one attached hydrogen (secondary N) is 1. The molecule has 3 unspecified atom stereocenters. The van der Waals surface area contributed by atoms with Gasteiger partial charge in [0.15, 0.2) is 0 Å². The van der Waals surface area contributed by atoms with Crippen molar-refractivity contribution >= 4 is 5.69 Å². The van der Waals surface area contributed by atoms with E-state index in [0.29, 0.717) is 11.8 Å². The molecule has 0 saturated carbocycles. The molecular weight excluding hydrogens is 318 g/mol. The van der Waals surface area contributed by atoms with E-state index in [4.69, 9.17) is 4.74 Å². The zero-order valence-electron chi connectivity index (χ0n) is 15.0. The molecule has 0 aromatic heterocycles. The summed E-state index contributed by atoms with van der Waals surface area (Å²) in [4.78, 5) is 0. The van der Waals surface area contributed by atoms with Gasteiger partial charge in [-0.3, -0.25) is 0 Å². The van der Waals surface area contributed by atoms with Crippen LogP contribution in [-0.4, -0.2) is 6.04 Å². The Kier molecular flexibility index (Phi) is 4.05. The maximum atomic E-state index is 6.39. The van der Waals surface area contributed by atoms with Crippen LogP contribution in [0.4, 0.5) is 5.69 Å². The van der Waals surface area contributed by atoms with Crippen LogP contribution < -0.4 is 10.1 Å². The van der Waals surface area contributed by atoms with Crippen molar-refractivity contribution in [3.63, 3.8) is 0 Å². The number of benzene rings is 1. The molecule has 1 N–H and O–H groups in total. The number of fused-ring (bicyclic) bond motifs is 2. The van der Waals surface area contributed by atoms with E-state index < -0.39 is 0 Å². The number of rotatable bonds is 2. The highest BCUT2D eigenvalue weighted by molar-refractivity contribution is 5.63. The summed E-state index contributed by atoms with van der Waals surface area (Å²) in [6, 6.07) is 6.90. The summed E-state index contributed by atoms with van der Waals surface area (Å²) in [6.07, 6.45) is 23.8. The normalized spacial score (nSPS) is 29.0. The SMILES string of the molecule is C1=CCC(c2ccc3c(c2)OC2=CC(C4CC=CCC4)=CCC2N3)C=C1. The fraction of sp³-hybridized carbons (Fsp3) is 0.333. The van der Waals surface area contributed by atoms with Gasteiger partial charge in [-0.25, -0.2) is 0 Å². The fourth-order valence-electron chi connectivity index (χ4n) is 4.42. The third kappa shape index (κ3) is 2.94. The Morgan fingerprint density at radius 3 is 2.85 bits per heavy atom. The summed E-state index contributed by atoms with van der Waals surface area (Å²) in [6.45, 7) is 0. The number of ether oxygens (including phenoxy) is 1. The van der Waals surface area contributed by atoms with E-state index in [9.17, 15) is 0 Å². The highest BCUT2D eigenvalue weighted by Gasteiger charge is 2.28. The van der Waals surface area contributed by atoms with Crippen molar-refractivity contribution in [3.8, 4) is 5.75 Å². The van der Waals surface area contributed by atoms with Crippen molar-refractivity contribution in [2.24, 2.45) is 5.92 Å². The zero-order chi connectivity index (χ0) is 17.3. The fourth-order valence-corrected chi connectivity index (χ4v) is 4.42. The summed E-state index contributed by atoms with van der Waals surface area (Å²) in [5.41, 5.74) is 3.90. The van der Waals surface area contributed by atoms with Gasteiger partial charge < -0.3 is 10.1 Å². The molecule has 0 radical (unpaired) electrons. The Bertz CT molecular complexity index is 855. The van der Waals surface area contributed by atoms with Gasteiger partial charge in [0, 0.05) is 5.92 Å². The lowest BCUT2D eigenvalue weighted by molar-refractivity contribution is 0.370. The standard InChI is InChI=1S/C24H25NO/c1-3-7-17(8-4-1)19-11-13-21-23(15-19)26-24-16-20(12-14-22(24)25-21)18-9-5-2-6-10-18/h1-5,7,11-13,15-18,22,25H,6,8-10,14H2. The van der Waals surface area contributed by atoms with Crippen LogP contribution in [-0.2, 0) is 0 Å². The van der Waals surface area contributed by atoms with E-state index in [-0.39, 0.29) is 6.04 Å². The van der Waals surface area contributed by atoms with Crippen molar-refractivity contribution in [1.29, 1.82) is 0 Å². The van der Waals surface area contributed by atoms with Crippen LogP contribution in [0.2, 0.25) is 0 Å². The van der Waals surface area contributed by atoms with Crippen LogP contribution in [0.15, 0.2) is 78.1 Å². The van der Waals surface area contributed by atoms with Crippen LogP contribution in [0.25, 0.3) is 0 Å². The summed E-state index contributed by atoms with van der Waals surface area (Å²) in [5.74, 6) is 3.17. The van der Waals surface area contributed by atoms with Crippen LogP contribution in [0.3, 0.4) is 0 Å². The molecule has 2 heteroatoms. The molecule has 3 aliphatic carbocycles. The minimum Gasteiger partial charge on any atom is -0.457 e. The minimum absolute atomic E-state index is 0.272. The topological polar surface area (TPSA) is 21.3 Å². The van der Waals surface area contributed by atoms with Crippen molar-refractivity contribution in [2.45, 2.75) is 44.1 Å². The number of allylic oxidation sites excluding steroid dienone is 8. The number of anilines is 1. The minimum atomic E-state index is 0.272. The molecule has 1 aromatic carbocycles. The Hall–Kier alpha value is -2.48. The van der Waals surface area contributed by atoms with Crippen molar-refractivity contribution in [2.75, 3.05) is 5.32 Å². The first-order chi connectivity index (χ1) is 12.9. The molecule has 4 aliphatic rings. The molecule has 0 spiro atoms. The van der Waals surface area contributed by atoms with E-state index in [1.165, 1.54) is 24.0 Å². The Morgan fingerprint density at radius 1 is 1.00 bits per heavy atom. The number of hydrogen-bond acceptors (Lipinski definition) is 2. The van der Waals surface area contributed by atoms with Crippen LogP contribution in [0.1, 0.15) is 43.6 Å². The molecule has 132 valence electrons. The van der Waals surface area contributed by atoms with Gasteiger partial charge in [0.25, 0.3) is 0 Å². The smallest absolute Gasteiger partial charge is 0.150 e. The van der Waals surface area contributed by atoms with Crippen LogP contribution in [0, 0.1) is 5.92 Å². The second kappa shape index (κ2) is 6.68. The van der Waals surface area contributed by atoms with Gasteiger partial charge in [-0.1, -0.05) is 48.6 Å². The first kappa shape index (κ1) is 15.7. The third-order valence-corrected chi connectivity index (χ3v) is 5.95. The predicted molar refractivity (Wildman–Crippen MR) is 107 cm³/mol. The molecule has 1 aliphatic heterocycles. The molecule has 5 rings (SSSR count). The van der Waals surface area contributed by atoms with Gasteiger partial charge in [0.2, 0.25) is 0 Å².